The average Bonchev–Trinajstić information content (AvgIpc) is 2.60. The van der Waals surface area contributed by atoms with Crippen molar-refractivity contribution in [1.29, 1.82) is 0 Å². The first-order chi connectivity index (χ1) is 12.9. The number of aromatic amines is 1. The van der Waals surface area contributed by atoms with Crippen molar-refractivity contribution < 1.29 is 4.79 Å². The van der Waals surface area contributed by atoms with E-state index in [1.807, 2.05) is 37.3 Å². The number of allylic oxidation sites excluding steroid dienone is 2. The third kappa shape index (κ3) is 3.23. The minimum absolute atomic E-state index is 0.163. The summed E-state index contributed by atoms with van der Waals surface area (Å²) in [5.74, 6) is 0.850. The molecule has 0 saturated carbocycles. The lowest BCUT2D eigenvalue weighted by Gasteiger charge is -2.40. The molecule has 1 aliphatic carbocycles. The van der Waals surface area contributed by atoms with E-state index in [1.165, 1.54) is 11.8 Å². The largest absolute Gasteiger partial charge is 0.343 e. The van der Waals surface area contributed by atoms with Crippen molar-refractivity contribution in [3.05, 3.63) is 63.6 Å². The van der Waals surface area contributed by atoms with Crippen LogP contribution in [0.5, 0.6) is 0 Å². The van der Waals surface area contributed by atoms with E-state index in [0.29, 0.717) is 23.0 Å². The lowest BCUT2D eigenvalue weighted by Crippen LogP contribution is -2.41. The van der Waals surface area contributed by atoms with Crippen LogP contribution in [0.3, 0.4) is 0 Å². The van der Waals surface area contributed by atoms with Gasteiger partial charge in [0.25, 0.3) is 5.56 Å². The minimum Gasteiger partial charge on any atom is -0.343 e. The van der Waals surface area contributed by atoms with Gasteiger partial charge in [0.2, 0.25) is 0 Å². The maximum atomic E-state index is 13.1. The fraction of sp³-hybridized carbons (Fsp3) is 0.381. The molecule has 6 heteroatoms. The number of rotatable bonds is 3. The van der Waals surface area contributed by atoms with Crippen molar-refractivity contribution in [2.45, 2.75) is 38.3 Å². The van der Waals surface area contributed by atoms with Crippen LogP contribution in [-0.4, -0.2) is 21.5 Å². The van der Waals surface area contributed by atoms with Crippen LogP contribution in [-0.2, 0) is 4.79 Å². The Hall–Kier alpha value is -2.34. The van der Waals surface area contributed by atoms with Crippen molar-refractivity contribution >= 4 is 23.4 Å². The van der Waals surface area contributed by atoms with E-state index >= 15 is 0 Å². The van der Waals surface area contributed by atoms with Gasteiger partial charge in [0, 0.05) is 18.0 Å². The molecule has 4 rings (SSSR count). The quantitative estimate of drug-likeness (QED) is 0.622. The van der Waals surface area contributed by atoms with E-state index in [9.17, 15) is 9.59 Å². The lowest BCUT2D eigenvalue weighted by molar-refractivity contribution is -0.124. The van der Waals surface area contributed by atoms with Gasteiger partial charge < -0.3 is 10.3 Å². The number of anilines is 1. The van der Waals surface area contributed by atoms with Gasteiger partial charge in [-0.3, -0.25) is 9.59 Å². The predicted molar refractivity (Wildman–Crippen MR) is 108 cm³/mol. The summed E-state index contributed by atoms with van der Waals surface area (Å²) in [4.78, 5) is 33.6. The molecule has 0 fully saturated rings. The zero-order valence-electron chi connectivity index (χ0n) is 15.7. The number of carbonyl (C=O) groups excluding carboxylic acids is 1. The predicted octanol–water partition coefficient (Wildman–Crippen LogP) is 3.94. The summed E-state index contributed by atoms with van der Waals surface area (Å²) in [5, 5.41) is 3.92. The second-order valence-electron chi connectivity index (χ2n) is 7.79. The van der Waals surface area contributed by atoms with Gasteiger partial charge in [-0.15, -0.1) is 0 Å². The van der Waals surface area contributed by atoms with Crippen LogP contribution < -0.4 is 10.9 Å². The number of thioether (sulfide) groups is 1. The smallest absolute Gasteiger partial charge is 0.257 e. The van der Waals surface area contributed by atoms with Crippen molar-refractivity contribution in [1.82, 2.24) is 9.97 Å². The van der Waals surface area contributed by atoms with Crippen LogP contribution in [0.25, 0.3) is 0 Å². The van der Waals surface area contributed by atoms with E-state index in [-0.39, 0.29) is 28.6 Å². The number of hydrogen-bond donors (Lipinski definition) is 2. The summed E-state index contributed by atoms with van der Waals surface area (Å²) in [6.07, 6.45) is 2.60. The standard InChI is InChI=1S/C21H23N3O2S/c1-4-27-20-23-18-17(19(26)24-20)15(12-8-6-5-7-9-12)16-13(22-18)10-21(2,3)11-14(16)25/h5-10,15-16H,4,11H2,1-3H3,(H2,22,23,24,26)/t15-,16-/m1/s1. The molecule has 1 aromatic carbocycles. The Bertz CT molecular complexity index is 979. The number of carbonyl (C=O) groups is 1. The van der Waals surface area contributed by atoms with Gasteiger partial charge in [-0.1, -0.05) is 68.9 Å². The first-order valence-electron chi connectivity index (χ1n) is 9.24. The van der Waals surface area contributed by atoms with Crippen LogP contribution in [0, 0.1) is 11.3 Å². The van der Waals surface area contributed by atoms with Crippen LogP contribution >= 0.6 is 11.8 Å². The highest BCUT2D eigenvalue weighted by Crippen LogP contribution is 2.47. The Kier molecular flexibility index (Phi) is 4.46. The molecule has 2 aromatic rings. The molecule has 140 valence electrons. The number of fused-ring (bicyclic) bond motifs is 2. The van der Waals surface area contributed by atoms with E-state index in [1.54, 1.807) is 0 Å². The van der Waals surface area contributed by atoms with Crippen LogP contribution in [0.2, 0.25) is 0 Å². The number of aromatic nitrogens is 2. The molecule has 0 saturated heterocycles. The maximum Gasteiger partial charge on any atom is 0.257 e. The van der Waals surface area contributed by atoms with E-state index < -0.39 is 0 Å². The molecule has 5 nitrogen and oxygen atoms in total. The molecule has 0 radical (unpaired) electrons. The van der Waals surface area contributed by atoms with Crippen LogP contribution in [0.1, 0.15) is 44.2 Å². The van der Waals surface area contributed by atoms with Crippen molar-refractivity contribution in [3.63, 3.8) is 0 Å². The van der Waals surface area contributed by atoms with Gasteiger partial charge in [0.1, 0.15) is 11.6 Å². The number of H-pyrrole nitrogens is 1. The van der Waals surface area contributed by atoms with Crippen molar-refractivity contribution in [3.8, 4) is 0 Å². The van der Waals surface area contributed by atoms with Crippen molar-refractivity contribution in [2.24, 2.45) is 11.3 Å². The summed E-state index contributed by atoms with van der Waals surface area (Å²) < 4.78 is 0. The molecule has 0 spiro atoms. The van der Waals surface area contributed by atoms with Gasteiger partial charge in [-0.25, -0.2) is 4.98 Å². The molecule has 2 heterocycles. The molecule has 1 aliphatic heterocycles. The summed E-state index contributed by atoms with van der Waals surface area (Å²) in [5.41, 5.74) is 2.00. The average molecular weight is 382 g/mol. The summed E-state index contributed by atoms with van der Waals surface area (Å²) in [7, 11) is 0. The first-order valence-corrected chi connectivity index (χ1v) is 10.2. The number of benzene rings is 1. The molecule has 0 unspecified atom stereocenters. The number of nitrogens with one attached hydrogen (secondary N) is 2. The molecule has 1 aromatic heterocycles. The Morgan fingerprint density at radius 3 is 2.63 bits per heavy atom. The molecular weight excluding hydrogens is 358 g/mol. The molecule has 2 atom stereocenters. The van der Waals surface area contributed by atoms with Crippen LogP contribution in [0.4, 0.5) is 5.82 Å². The fourth-order valence-electron chi connectivity index (χ4n) is 4.15. The molecule has 2 N–H and O–H groups in total. The number of Topliss-reactive ketones (excluding diaryl/α,β-unsaturated/α-hetero) is 1. The normalized spacial score (nSPS) is 23.1. The first kappa shape index (κ1) is 18.0. The third-order valence-corrected chi connectivity index (χ3v) is 5.89. The molecule has 0 amide bonds. The third-order valence-electron chi connectivity index (χ3n) is 5.14. The Morgan fingerprint density at radius 2 is 1.93 bits per heavy atom. The Morgan fingerprint density at radius 1 is 1.19 bits per heavy atom. The van der Waals surface area contributed by atoms with E-state index in [0.717, 1.165) is 17.0 Å². The highest BCUT2D eigenvalue weighted by molar-refractivity contribution is 7.99. The van der Waals surface area contributed by atoms with Gasteiger partial charge >= 0.3 is 0 Å². The lowest BCUT2D eigenvalue weighted by atomic mass is 9.67. The molecular formula is C21H23N3O2S. The van der Waals surface area contributed by atoms with Crippen molar-refractivity contribution in [2.75, 3.05) is 11.1 Å². The monoisotopic (exact) mass is 381 g/mol. The highest BCUT2D eigenvalue weighted by atomic mass is 32.2. The highest BCUT2D eigenvalue weighted by Gasteiger charge is 2.45. The zero-order valence-corrected chi connectivity index (χ0v) is 16.5. The second-order valence-corrected chi connectivity index (χ2v) is 9.04. The van der Waals surface area contributed by atoms with Gasteiger partial charge in [0.05, 0.1) is 11.5 Å². The molecule has 2 aliphatic rings. The number of ketones is 1. The van der Waals surface area contributed by atoms with Gasteiger partial charge in [0.15, 0.2) is 5.16 Å². The summed E-state index contributed by atoms with van der Waals surface area (Å²) in [6, 6.07) is 9.80. The molecule has 27 heavy (non-hydrogen) atoms. The fourth-order valence-corrected chi connectivity index (χ4v) is 4.74. The Balaban J connectivity index is 1.96. The van der Waals surface area contributed by atoms with Gasteiger partial charge in [-0.2, -0.15) is 0 Å². The van der Waals surface area contributed by atoms with Gasteiger partial charge in [-0.05, 0) is 16.7 Å². The second kappa shape index (κ2) is 6.68. The Labute approximate surface area is 162 Å². The van der Waals surface area contributed by atoms with E-state index in [4.69, 9.17) is 0 Å². The summed E-state index contributed by atoms with van der Waals surface area (Å²) >= 11 is 1.50. The number of hydrogen-bond acceptors (Lipinski definition) is 5. The SMILES string of the molecule is CCSc1nc2c(c(=O)[nH]1)[C@H](c1ccccc1)[C@H]1C(=O)CC(C)(C)C=C1N2. The minimum atomic E-state index is -0.375. The molecule has 0 bridgehead atoms. The maximum absolute atomic E-state index is 13.1. The summed E-state index contributed by atoms with van der Waals surface area (Å²) in [6.45, 7) is 6.14. The zero-order chi connectivity index (χ0) is 19.2. The van der Waals surface area contributed by atoms with E-state index in [2.05, 4.69) is 35.2 Å². The topological polar surface area (TPSA) is 74.8 Å². The number of nitrogens with zero attached hydrogens (tertiary/aromatic N) is 1. The van der Waals surface area contributed by atoms with Crippen LogP contribution in [0.15, 0.2) is 52.1 Å².